The second-order valence-corrected chi connectivity index (χ2v) is 10.3. The smallest absolute Gasteiger partial charge is 0.0838 e. The highest BCUT2D eigenvalue weighted by atomic mass is 16.6. The molecule has 0 N–H and O–H groups in total. The lowest BCUT2D eigenvalue weighted by Gasteiger charge is -2.14. The minimum Gasteiger partial charge on any atom is -0.373 e. The molecule has 2 atom stereocenters. The van der Waals surface area contributed by atoms with Crippen molar-refractivity contribution in [1.82, 2.24) is 0 Å². The third-order valence-corrected chi connectivity index (χ3v) is 7.24. The summed E-state index contributed by atoms with van der Waals surface area (Å²) >= 11 is 0. The van der Waals surface area contributed by atoms with E-state index in [0.717, 1.165) is 12.5 Å². The molecular formula is C29H58O. The Morgan fingerprint density at radius 2 is 0.733 bits per heavy atom. The van der Waals surface area contributed by atoms with E-state index < -0.39 is 0 Å². The molecule has 0 spiro atoms. The molecule has 0 aliphatic carbocycles. The SMILES string of the molecule is CCCCCCCCCCCCCCC(CCCCCCCCCCCC)C1CO1. The molecule has 1 heteroatoms. The maximum absolute atomic E-state index is 5.67. The van der Waals surface area contributed by atoms with E-state index in [4.69, 9.17) is 4.74 Å². The van der Waals surface area contributed by atoms with Gasteiger partial charge in [-0.1, -0.05) is 155 Å². The van der Waals surface area contributed by atoms with E-state index in [-0.39, 0.29) is 0 Å². The molecule has 2 unspecified atom stereocenters. The monoisotopic (exact) mass is 422 g/mol. The minimum atomic E-state index is 0.635. The van der Waals surface area contributed by atoms with Gasteiger partial charge in [-0.15, -0.1) is 0 Å². The fraction of sp³-hybridized carbons (Fsp3) is 1.00. The van der Waals surface area contributed by atoms with Gasteiger partial charge in [-0.25, -0.2) is 0 Å². The molecule has 1 nitrogen and oxygen atoms in total. The minimum absolute atomic E-state index is 0.635. The molecular weight excluding hydrogens is 364 g/mol. The molecule has 0 radical (unpaired) electrons. The van der Waals surface area contributed by atoms with Gasteiger partial charge in [0.1, 0.15) is 0 Å². The Bertz CT molecular complexity index is 322. The van der Waals surface area contributed by atoms with Crippen molar-refractivity contribution in [3.05, 3.63) is 0 Å². The number of rotatable bonds is 25. The highest BCUT2D eigenvalue weighted by Crippen LogP contribution is 2.30. The van der Waals surface area contributed by atoms with Crippen molar-refractivity contribution in [3.8, 4) is 0 Å². The number of epoxide rings is 1. The quantitative estimate of drug-likeness (QED) is 0.105. The first-order valence-corrected chi connectivity index (χ1v) is 14.5. The van der Waals surface area contributed by atoms with Gasteiger partial charge in [-0.2, -0.15) is 0 Å². The van der Waals surface area contributed by atoms with Crippen LogP contribution >= 0.6 is 0 Å². The second kappa shape index (κ2) is 22.2. The summed E-state index contributed by atoms with van der Waals surface area (Å²) in [7, 11) is 0. The molecule has 30 heavy (non-hydrogen) atoms. The van der Waals surface area contributed by atoms with E-state index in [1.54, 1.807) is 0 Å². The maximum atomic E-state index is 5.67. The van der Waals surface area contributed by atoms with Crippen LogP contribution in [0.3, 0.4) is 0 Å². The van der Waals surface area contributed by atoms with Crippen molar-refractivity contribution in [2.75, 3.05) is 6.61 Å². The van der Waals surface area contributed by atoms with Crippen LogP contribution < -0.4 is 0 Å². The van der Waals surface area contributed by atoms with Crippen LogP contribution in [-0.2, 0) is 4.74 Å². The van der Waals surface area contributed by atoms with E-state index in [1.165, 1.54) is 154 Å². The maximum Gasteiger partial charge on any atom is 0.0838 e. The van der Waals surface area contributed by atoms with Crippen LogP contribution in [0, 0.1) is 5.92 Å². The van der Waals surface area contributed by atoms with E-state index in [1.807, 2.05) is 0 Å². The Morgan fingerprint density at radius 1 is 0.467 bits per heavy atom. The highest BCUT2D eigenvalue weighted by molar-refractivity contribution is 4.79. The van der Waals surface area contributed by atoms with Crippen molar-refractivity contribution in [3.63, 3.8) is 0 Å². The Kier molecular flexibility index (Phi) is 20.7. The summed E-state index contributed by atoms with van der Waals surface area (Å²) < 4.78 is 5.67. The Balaban J connectivity index is 1.83. The van der Waals surface area contributed by atoms with Gasteiger partial charge in [0.2, 0.25) is 0 Å². The van der Waals surface area contributed by atoms with E-state index in [9.17, 15) is 0 Å². The topological polar surface area (TPSA) is 12.5 Å². The summed E-state index contributed by atoms with van der Waals surface area (Å²) in [5.74, 6) is 0.877. The van der Waals surface area contributed by atoms with Crippen LogP contribution in [0.4, 0.5) is 0 Å². The van der Waals surface area contributed by atoms with Crippen molar-refractivity contribution in [1.29, 1.82) is 0 Å². The fourth-order valence-corrected chi connectivity index (χ4v) is 4.99. The van der Waals surface area contributed by atoms with Crippen molar-refractivity contribution in [2.45, 2.75) is 174 Å². The molecule has 1 rings (SSSR count). The van der Waals surface area contributed by atoms with Gasteiger partial charge in [0.15, 0.2) is 0 Å². The first kappa shape index (κ1) is 28.0. The molecule has 0 aromatic rings. The number of hydrogen-bond donors (Lipinski definition) is 0. The van der Waals surface area contributed by atoms with Crippen molar-refractivity contribution < 1.29 is 4.74 Å². The predicted octanol–water partition coefficient (Wildman–Crippen LogP) is 10.4. The molecule has 1 saturated heterocycles. The van der Waals surface area contributed by atoms with E-state index in [0.29, 0.717) is 6.10 Å². The average Bonchev–Trinajstić information content (AvgIpc) is 3.59. The van der Waals surface area contributed by atoms with Gasteiger partial charge in [0, 0.05) is 0 Å². The second-order valence-electron chi connectivity index (χ2n) is 10.3. The van der Waals surface area contributed by atoms with E-state index >= 15 is 0 Å². The number of unbranched alkanes of at least 4 members (excludes halogenated alkanes) is 20. The largest absolute Gasteiger partial charge is 0.373 e. The molecule has 1 aliphatic rings. The molecule has 1 fully saturated rings. The standard InChI is InChI=1S/C29H58O/c1-3-5-7-9-11-13-15-16-18-20-22-24-26-28(29-27-30-29)25-23-21-19-17-14-12-10-8-6-4-2/h28-29H,3-27H2,1-2H3. The zero-order valence-electron chi connectivity index (χ0n) is 21.2. The lowest BCUT2D eigenvalue weighted by molar-refractivity contribution is 0.289. The fourth-order valence-electron chi connectivity index (χ4n) is 4.99. The summed E-state index contributed by atoms with van der Waals surface area (Å²) in [6, 6.07) is 0. The van der Waals surface area contributed by atoms with Gasteiger partial charge in [-0.05, 0) is 18.8 Å². The summed E-state index contributed by atoms with van der Waals surface area (Å²) in [6.07, 6.45) is 35.5. The molecule has 0 bridgehead atoms. The lowest BCUT2D eigenvalue weighted by atomic mass is 9.91. The normalized spacial score (nSPS) is 16.8. The van der Waals surface area contributed by atoms with Gasteiger partial charge >= 0.3 is 0 Å². The molecule has 0 amide bonds. The summed E-state index contributed by atoms with van der Waals surface area (Å²) in [6.45, 7) is 5.66. The summed E-state index contributed by atoms with van der Waals surface area (Å²) in [5.41, 5.74) is 0. The number of hydrogen-bond acceptors (Lipinski definition) is 1. The zero-order valence-corrected chi connectivity index (χ0v) is 21.2. The average molecular weight is 423 g/mol. The lowest BCUT2D eigenvalue weighted by Crippen LogP contribution is -2.08. The molecule has 0 saturated carbocycles. The van der Waals surface area contributed by atoms with Gasteiger partial charge in [-0.3, -0.25) is 0 Å². The molecule has 0 aromatic carbocycles. The van der Waals surface area contributed by atoms with Gasteiger partial charge in [0.25, 0.3) is 0 Å². The molecule has 0 aromatic heterocycles. The van der Waals surface area contributed by atoms with Crippen LogP contribution in [0.25, 0.3) is 0 Å². The zero-order chi connectivity index (χ0) is 21.5. The first-order valence-electron chi connectivity index (χ1n) is 14.5. The molecule has 1 heterocycles. The third kappa shape index (κ3) is 18.7. The van der Waals surface area contributed by atoms with E-state index in [2.05, 4.69) is 13.8 Å². The Morgan fingerprint density at radius 3 is 1.00 bits per heavy atom. The van der Waals surface area contributed by atoms with Crippen LogP contribution in [0.15, 0.2) is 0 Å². The third-order valence-electron chi connectivity index (χ3n) is 7.24. The number of ether oxygens (including phenoxy) is 1. The van der Waals surface area contributed by atoms with Crippen LogP contribution in [0.2, 0.25) is 0 Å². The van der Waals surface area contributed by atoms with Crippen LogP contribution in [0.1, 0.15) is 168 Å². The predicted molar refractivity (Wildman–Crippen MR) is 135 cm³/mol. The van der Waals surface area contributed by atoms with Gasteiger partial charge in [0.05, 0.1) is 12.7 Å². The Labute approximate surface area is 191 Å². The highest BCUT2D eigenvalue weighted by Gasteiger charge is 2.31. The van der Waals surface area contributed by atoms with Crippen LogP contribution in [0.5, 0.6) is 0 Å². The van der Waals surface area contributed by atoms with Crippen LogP contribution in [-0.4, -0.2) is 12.7 Å². The van der Waals surface area contributed by atoms with Crippen molar-refractivity contribution in [2.24, 2.45) is 5.92 Å². The van der Waals surface area contributed by atoms with Crippen molar-refractivity contribution >= 4 is 0 Å². The summed E-state index contributed by atoms with van der Waals surface area (Å²) in [5, 5.41) is 0. The summed E-state index contributed by atoms with van der Waals surface area (Å²) in [4.78, 5) is 0. The molecule has 180 valence electrons. The first-order chi connectivity index (χ1) is 14.9. The molecule has 1 aliphatic heterocycles. The van der Waals surface area contributed by atoms with Gasteiger partial charge < -0.3 is 4.74 Å². The Hall–Kier alpha value is -0.0400.